The molecular formula is C16H24N2O2. The van der Waals surface area contributed by atoms with Crippen molar-refractivity contribution in [3.63, 3.8) is 0 Å². The summed E-state index contributed by atoms with van der Waals surface area (Å²) in [4.78, 5) is 14.7. The van der Waals surface area contributed by atoms with Crippen molar-refractivity contribution in [2.24, 2.45) is 5.73 Å². The van der Waals surface area contributed by atoms with Crippen molar-refractivity contribution in [2.75, 3.05) is 19.6 Å². The monoisotopic (exact) mass is 276 g/mol. The van der Waals surface area contributed by atoms with Crippen LogP contribution in [-0.2, 0) is 9.53 Å². The molecule has 0 aliphatic carbocycles. The number of hydrogen-bond acceptors (Lipinski definition) is 3. The Morgan fingerprint density at radius 3 is 2.70 bits per heavy atom. The normalized spacial score (nSPS) is 24.4. The molecule has 4 nitrogen and oxygen atoms in total. The molecule has 1 aromatic rings. The highest BCUT2D eigenvalue weighted by atomic mass is 16.5. The molecule has 1 amide bonds. The summed E-state index contributed by atoms with van der Waals surface area (Å²) in [5, 5.41) is 0. The first kappa shape index (κ1) is 15.0. The lowest BCUT2D eigenvalue weighted by molar-refractivity contribution is -0.145. The summed E-state index contributed by atoms with van der Waals surface area (Å²) in [6.07, 6.45) is 0.813. The number of hydrogen-bond donors (Lipinski definition) is 1. The van der Waals surface area contributed by atoms with Gasteiger partial charge in [0, 0.05) is 19.6 Å². The zero-order valence-electron chi connectivity index (χ0n) is 12.3. The first-order valence-corrected chi connectivity index (χ1v) is 7.35. The summed E-state index contributed by atoms with van der Waals surface area (Å²) >= 11 is 0. The highest BCUT2D eigenvalue weighted by molar-refractivity contribution is 5.83. The second-order valence-corrected chi connectivity index (χ2v) is 5.42. The minimum absolute atomic E-state index is 0.0454. The van der Waals surface area contributed by atoms with Gasteiger partial charge in [-0.2, -0.15) is 0 Å². The Morgan fingerprint density at radius 1 is 1.40 bits per heavy atom. The Bertz CT molecular complexity index is 435. The maximum atomic E-state index is 12.8. The molecule has 1 saturated heterocycles. The van der Waals surface area contributed by atoms with E-state index >= 15 is 0 Å². The Hall–Kier alpha value is -1.39. The van der Waals surface area contributed by atoms with E-state index in [2.05, 4.69) is 6.92 Å². The molecule has 1 aliphatic heterocycles. The van der Waals surface area contributed by atoms with Crippen LogP contribution in [0.2, 0.25) is 0 Å². The van der Waals surface area contributed by atoms with E-state index < -0.39 is 0 Å². The predicted octanol–water partition coefficient (Wildman–Crippen LogP) is 1.75. The number of nitrogens with two attached hydrogens (primary N) is 1. The molecule has 0 aromatic heterocycles. The Labute approximate surface area is 120 Å². The molecule has 1 aliphatic rings. The van der Waals surface area contributed by atoms with Gasteiger partial charge in [-0.3, -0.25) is 4.79 Å². The fraction of sp³-hybridized carbons (Fsp3) is 0.562. The van der Waals surface area contributed by atoms with Gasteiger partial charge in [-0.15, -0.1) is 0 Å². The molecule has 110 valence electrons. The molecule has 20 heavy (non-hydrogen) atoms. The molecule has 1 heterocycles. The van der Waals surface area contributed by atoms with Crippen molar-refractivity contribution >= 4 is 5.91 Å². The number of nitrogens with zero attached hydrogens (tertiary/aromatic N) is 1. The van der Waals surface area contributed by atoms with E-state index in [1.807, 2.05) is 42.2 Å². The van der Waals surface area contributed by atoms with E-state index in [-0.39, 0.29) is 24.0 Å². The summed E-state index contributed by atoms with van der Waals surface area (Å²) in [5.74, 6) is 0.118. The van der Waals surface area contributed by atoms with E-state index in [9.17, 15) is 4.79 Å². The van der Waals surface area contributed by atoms with E-state index in [0.717, 1.165) is 12.0 Å². The summed E-state index contributed by atoms with van der Waals surface area (Å²) in [6.45, 7) is 5.75. The Kier molecular flexibility index (Phi) is 5.15. The number of ether oxygens (including phenoxy) is 1. The van der Waals surface area contributed by atoms with Crippen LogP contribution >= 0.6 is 0 Å². The van der Waals surface area contributed by atoms with Crippen LogP contribution in [0.25, 0.3) is 0 Å². The smallest absolute Gasteiger partial charge is 0.230 e. The Balaban J connectivity index is 2.12. The average Bonchev–Trinajstić information content (AvgIpc) is 2.48. The molecular weight excluding hydrogens is 252 g/mol. The van der Waals surface area contributed by atoms with Crippen LogP contribution < -0.4 is 5.73 Å². The van der Waals surface area contributed by atoms with Gasteiger partial charge in [0.1, 0.15) is 0 Å². The molecule has 0 saturated carbocycles. The minimum atomic E-state index is -0.0695. The van der Waals surface area contributed by atoms with Gasteiger partial charge >= 0.3 is 0 Å². The molecule has 0 radical (unpaired) electrons. The van der Waals surface area contributed by atoms with E-state index in [1.165, 1.54) is 0 Å². The quantitative estimate of drug-likeness (QED) is 0.911. The van der Waals surface area contributed by atoms with Crippen molar-refractivity contribution < 1.29 is 9.53 Å². The van der Waals surface area contributed by atoms with Crippen LogP contribution in [0.1, 0.15) is 31.7 Å². The standard InChI is InChI=1S/C16H24N2O2/c1-3-15(13-7-5-4-6-8-13)16(19)18-10-12(2)20-14(9-17)11-18/h4-8,12,14-15H,3,9-11,17H2,1-2H3. The second kappa shape index (κ2) is 6.86. The summed E-state index contributed by atoms with van der Waals surface area (Å²) in [5.41, 5.74) is 6.77. The third-order valence-electron chi connectivity index (χ3n) is 3.81. The molecule has 4 heteroatoms. The lowest BCUT2D eigenvalue weighted by Crippen LogP contribution is -2.52. The van der Waals surface area contributed by atoms with E-state index in [4.69, 9.17) is 10.5 Å². The molecule has 0 spiro atoms. The third kappa shape index (κ3) is 3.38. The lowest BCUT2D eigenvalue weighted by Gasteiger charge is -2.38. The largest absolute Gasteiger partial charge is 0.370 e. The minimum Gasteiger partial charge on any atom is -0.370 e. The number of benzene rings is 1. The van der Waals surface area contributed by atoms with Gasteiger partial charge in [-0.25, -0.2) is 0 Å². The maximum absolute atomic E-state index is 12.8. The molecule has 2 rings (SSSR count). The summed E-state index contributed by atoms with van der Waals surface area (Å²) in [7, 11) is 0. The van der Waals surface area contributed by atoms with Crippen molar-refractivity contribution in [3.8, 4) is 0 Å². The van der Waals surface area contributed by atoms with Gasteiger partial charge in [0.15, 0.2) is 0 Å². The van der Waals surface area contributed by atoms with Crippen molar-refractivity contribution in [2.45, 2.75) is 38.4 Å². The van der Waals surface area contributed by atoms with Gasteiger partial charge < -0.3 is 15.4 Å². The van der Waals surface area contributed by atoms with Crippen LogP contribution in [0, 0.1) is 0 Å². The number of amides is 1. The number of carbonyl (C=O) groups excluding carboxylic acids is 1. The fourth-order valence-electron chi connectivity index (χ4n) is 2.81. The summed E-state index contributed by atoms with van der Waals surface area (Å²) in [6, 6.07) is 9.99. The van der Waals surface area contributed by atoms with Gasteiger partial charge in [0.05, 0.1) is 18.1 Å². The predicted molar refractivity (Wildman–Crippen MR) is 79.4 cm³/mol. The summed E-state index contributed by atoms with van der Waals surface area (Å²) < 4.78 is 5.72. The van der Waals surface area contributed by atoms with Crippen LogP contribution in [0.4, 0.5) is 0 Å². The van der Waals surface area contributed by atoms with Crippen molar-refractivity contribution in [3.05, 3.63) is 35.9 Å². The van der Waals surface area contributed by atoms with Gasteiger partial charge in [0.2, 0.25) is 5.91 Å². The van der Waals surface area contributed by atoms with Crippen LogP contribution in [0.5, 0.6) is 0 Å². The number of rotatable bonds is 4. The van der Waals surface area contributed by atoms with Crippen molar-refractivity contribution in [1.82, 2.24) is 4.90 Å². The Morgan fingerprint density at radius 2 is 2.10 bits per heavy atom. The van der Waals surface area contributed by atoms with Gasteiger partial charge in [-0.05, 0) is 18.9 Å². The van der Waals surface area contributed by atoms with Crippen LogP contribution in [0.15, 0.2) is 30.3 Å². The molecule has 2 N–H and O–H groups in total. The highest BCUT2D eigenvalue weighted by Crippen LogP contribution is 2.24. The second-order valence-electron chi connectivity index (χ2n) is 5.42. The fourth-order valence-corrected chi connectivity index (χ4v) is 2.81. The first-order chi connectivity index (χ1) is 9.65. The molecule has 3 atom stereocenters. The first-order valence-electron chi connectivity index (χ1n) is 7.35. The van der Waals surface area contributed by atoms with E-state index in [1.54, 1.807) is 0 Å². The highest BCUT2D eigenvalue weighted by Gasteiger charge is 2.31. The van der Waals surface area contributed by atoms with E-state index in [0.29, 0.717) is 19.6 Å². The molecule has 0 bridgehead atoms. The van der Waals surface area contributed by atoms with Crippen molar-refractivity contribution in [1.29, 1.82) is 0 Å². The molecule has 1 aromatic carbocycles. The zero-order chi connectivity index (χ0) is 14.5. The SMILES string of the molecule is CCC(C(=O)N1CC(C)OC(CN)C1)c1ccccc1. The van der Waals surface area contributed by atoms with Crippen LogP contribution in [-0.4, -0.2) is 42.6 Å². The number of carbonyl (C=O) groups is 1. The lowest BCUT2D eigenvalue weighted by atomic mass is 9.94. The van der Waals surface area contributed by atoms with Gasteiger partial charge in [0.25, 0.3) is 0 Å². The third-order valence-corrected chi connectivity index (χ3v) is 3.81. The average molecular weight is 276 g/mol. The van der Waals surface area contributed by atoms with Crippen LogP contribution in [0.3, 0.4) is 0 Å². The maximum Gasteiger partial charge on any atom is 0.230 e. The molecule has 1 fully saturated rings. The zero-order valence-corrected chi connectivity index (χ0v) is 12.3. The van der Waals surface area contributed by atoms with Gasteiger partial charge in [-0.1, -0.05) is 37.3 Å². The molecule has 3 unspecified atom stereocenters. The topological polar surface area (TPSA) is 55.6 Å². The number of morpholine rings is 1.